The van der Waals surface area contributed by atoms with Crippen LogP contribution in [0.4, 0.5) is 4.79 Å². The van der Waals surface area contributed by atoms with Crippen molar-refractivity contribution in [3.05, 3.63) is 29.1 Å². The van der Waals surface area contributed by atoms with Gasteiger partial charge in [-0.25, -0.2) is 19.4 Å². The highest BCUT2D eigenvalue weighted by molar-refractivity contribution is 5.92. The monoisotopic (exact) mass is 390 g/mol. The van der Waals surface area contributed by atoms with E-state index in [2.05, 4.69) is 16.8 Å². The van der Waals surface area contributed by atoms with Crippen LogP contribution >= 0.6 is 0 Å². The van der Waals surface area contributed by atoms with Crippen LogP contribution in [0.3, 0.4) is 0 Å². The summed E-state index contributed by atoms with van der Waals surface area (Å²) in [4.78, 5) is 41.2. The fourth-order valence-electron chi connectivity index (χ4n) is 1.89. The SMILES string of the molecule is CCOC(=O)c1cc(C#CCN(C)C(=O)OC(C)(C)C)cc(C(=O)OCC)n1. The predicted molar refractivity (Wildman–Crippen MR) is 102 cm³/mol. The molecule has 0 aliphatic rings. The van der Waals surface area contributed by atoms with Crippen molar-refractivity contribution in [3.63, 3.8) is 0 Å². The molecule has 0 unspecified atom stereocenters. The van der Waals surface area contributed by atoms with Gasteiger partial charge >= 0.3 is 18.0 Å². The van der Waals surface area contributed by atoms with E-state index in [1.807, 2.05) is 0 Å². The van der Waals surface area contributed by atoms with Gasteiger partial charge in [0.25, 0.3) is 0 Å². The van der Waals surface area contributed by atoms with Crippen LogP contribution in [0.15, 0.2) is 12.1 Å². The fourth-order valence-corrected chi connectivity index (χ4v) is 1.89. The second-order valence-electron chi connectivity index (χ2n) is 6.71. The van der Waals surface area contributed by atoms with E-state index in [0.29, 0.717) is 5.56 Å². The van der Waals surface area contributed by atoms with Crippen molar-refractivity contribution in [3.8, 4) is 11.8 Å². The number of carbonyl (C=O) groups is 3. The lowest BCUT2D eigenvalue weighted by atomic mass is 10.2. The molecule has 0 fully saturated rings. The number of rotatable bonds is 5. The third-order valence-corrected chi connectivity index (χ3v) is 3.05. The Hall–Kier alpha value is -3.08. The summed E-state index contributed by atoms with van der Waals surface area (Å²) < 4.78 is 15.1. The summed E-state index contributed by atoms with van der Waals surface area (Å²) in [5.41, 5.74) is -0.319. The minimum absolute atomic E-state index is 0.0443. The second-order valence-corrected chi connectivity index (χ2v) is 6.71. The molecule has 1 aromatic heterocycles. The van der Waals surface area contributed by atoms with E-state index < -0.39 is 23.6 Å². The number of aromatic nitrogens is 1. The van der Waals surface area contributed by atoms with Crippen LogP contribution in [0.1, 0.15) is 61.2 Å². The molecule has 0 radical (unpaired) electrons. The number of ether oxygens (including phenoxy) is 3. The lowest BCUT2D eigenvalue weighted by Crippen LogP contribution is -2.34. The number of esters is 2. The molecule has 0 bridgehead atoms. The van der Waals surface area contributed by atoms with E-state index in [9.17, 15) is 14.4 Å². The third kappa shape index (κ3) is 7.66. The molecule has 1 rings (SSSR count). The minimum atomic E-state index is -0.664. The smallest absolute Gasteiger partial charge is 0.410 e. The summed E-state index contributed by atoms with van der Waals surface area (Å²) >= 11 is 0. The summed E-state index contributed by atoms with van der Waals surface area (Å²) in [6.07, 6.45) is -0.504. The Bertz CT molecular complexity index is 750. The van der Waals surface area contributed by atoms with Crippen molar-refractivity contribution in [2.75, 3.05) is 26.8 Å². The maximum atomic E-state index is 12.0. The first kappa shape index (κ1) is 23.0. The number of carbonyl (C=O) groups excluding carboxylic acids is 3. The average molecular weight is 390 g/mol. The van der Waals surface area contributed by atoms with Crippen LogP contribution in [0.25, 0.3) is 0 Å². The van der Waals surface area contributed by atoms with Crippen molar-refractivity contribution in [2.45, 2.75) is 40.2 Å². The molecule has 0 aromatic carbocycles. The van der Waals surface area contributed by atoms with Gasteiger partial charge in [-0.15, -0.1) is 0 Å². The van der Waals surface area contributed by atoms with Crippen molar-refractivity contribution in [1.82, 2.24) is 9.88 Å². The van der Waals surface area contributed by atoms with Crippen LogP contribution in [0.2, 0.25) is 0 Å². The highest BCUT2D eigenvalue weighted by atomic mass is 16.6. The molecule has 28 heavy (non-hydrogen) atoms. The summed E-state index contributed by atoms with van der Waals surface area (Å²) in [7, 11) is 1.56. The first-order chi connectivity index (χ1) is 13.1. The number of pyridine rings is 1. The molecule has 152 valence electrons. The molecule has 1 aromatic rings. The number of hydrogen-bond acceptors (Lipinski definition) is 7. The molecule has 0 saturated heterocycles. The zero-order chi connectivity index (χ0) is 21.3. The summed E-state index contributed by atoms with van der Waals surface area (Å²) in [6.45, 7) is 9.10. The lowest BCUT2D eigenvalue weighted by Gasteiger charge is -2.23. The van der Waals surface area contributed by atoms with Gasteiger partial charge in [0, 0.05) is 12.6 Å². The van der Waals surface area contributed by atoms with Crippen molar-refractivity contribution < 1.29 is 28.6 Å². The normalized spacial score (nSPS) is 10.4. The van der Waals surface area contributed by atoms with Crippen LogP contribution in [-0.4, -0.2) is 60.3 Å². The molecule has 0 N–H and O–H groups in total. The van der Waals surface area contributed by atoms with E-state index in [-0.39, 0.29) is 31.1 Å². The second kappa shape index (κ2) is 10.3. The van der Waals surface area contributed by atoms with Gasteiger partial charge in [0.1, 0.15) is 5.60 Å². The van der Waals surface area contributed by atoms with Crippen LogP contribution < -0.4 is 0 Å². The Kier molecular flexibility index (Phi) is 8.45. The predicted octanol–water partition coefficient (Wildman–Crippen LogP) is 2.65. The Labute approximate surface area is 165 Å². The molecule has 8 heteroatoms. The van der Waals surface area contributed by atoms with E-state index in [1.54, 1.807) is 41.7 Å². The number of nitrogens with zero attached hydrogens (tertiary/aromatic N) is 2. The zero-order valence-electron chi connectivity index (χ0n) is 17.1. The van der Waals surface area contributed by atoms with Gasteiger partial charge in [-0.1, -0.05) is 11.8 Å². The molecular formula is C20H26N2O6. The maximum absolute atomic E-state index is 12.0. The fraction of sp³-hybridized carbons (Fsp3) is 0.500. The van der Waals surface area contributed by atoms with E-state index in [0.717, 1.165) is 0 Å². The van der Waals surface area contributed by atoms with Crippen LogP contribution in [-0.2, 0) is 14.2 Å². The lowest BCUT2D eigenvalue weighted by molar-refractivity contribution is 0.0320. The molecule has 0 saturated carbocycles. The van der Waals surface area contributed by atoms with Crippen molar-refractivity contribution in [2.24, 2.45) is 0 Å². The van der Waals surface area contributed by atoms with E-state index >= 15 is 0 Å². The Morgan fingerprint density at radius 2 is 1.54 bits per heavy atom. The first-order valence-electron chi connectivity index (χ1n) is 8.86. The van der Waals surface area contributed by atoms with Crippen molar-refractivity contribution >= 4 is 18.0 Å². The minimum Gasteiger partial charge on any atom is -0.461 e. The number of amides is 1. The molecule has 8 nitrogen and oxygen atoms in total. The van der Waals surface area contributed by atoms with Gasteiger partial charge in [-0.3, -0.25) is 0 Å². The van der Waals surface area contributed by atoms with Gasteiger partial charge < -0.3 is 19.1 Å². The summed E-state index contributed by atoms with van der Waals surface area (Å²) in [6, 6.07) is 2.84. The van der Waals surface area contributed by atoms with Gasteiger partial charge in [-0.05, 0) is 46.8 Å². The van der Waals surface area contributed by atoms with E-state index in [1.165, 1.54) is 17.0 Å². The van der Waals surface area contributed by atoms with Gasteiger partial charge in [0.05, 0.1) is 19.8 Å². The van der Waals surface area contributed by atoms with Gasteiger partial charge in [-0.2, -0.15) is 0 Å². The molecule has 0 aliphatic heterocycles. The Morgan fingerprint density at radius 3 is 1.96 bits per heavy atom. The maximum Gasteiger partial charge on any atom is 0.410 e. The standard InChI is InChI=1S/C20H26N2O6/c1-7-26-17(23)15-12-14(13-16(21-15)18(24)27-8-2)10-9-11-22(6)19(25)28-20(3,4)5/h12-13H,7-8,11H2,1-6H3. The average Bonchev–Trinajstić information content (AvgIpc) is 2.60. The van der Waals surface area contributed by atoms with Gasteiger partial charge in [0.15, 0.2) is 11.4 Å². The highest BCUT2D eigenvalue weighted by Gasteiger charge is 2.19. The molecule has 1 amide bonds. The molecule has 0 atom stereocenters. The van der Waals surface area contributed by atoms with Crippen LogP contribution in [0.5, 0.6) is 0 Å². The molecule has 0 aliphatic carbocycles. The quantitative estimate of drug-likeness (QED) is 0.433. The molecule has 0 spiro atoms. The molecule has 1 heterocycles. The molecular weight excluding hydrogens is 364 g/mol. The zero-order valence-corrected chi connectivity index (χ0v) is 17.1. The third-order valence-electron chi connectivity index (χ3n) is 3.05. The highest BCUT2D eigenvalue weighted by Crippen LogP contribution is 2.10. The van der Waals surface area contributed by atoms with Gasteiger partial charge in [0.2, 0.25) is 0 Å². The topological polar surface area (TPSA) is 95.0 Å². The van der Waals surface area contributed by atoms with E-state index in [4.69, 9.17) is 14.2 Å². The first-order valence-corrected chi connectivity index (χ1v) is 8.86. The largest absolute Gasteiger partial charge is 0.461 e. The Balaban J connectivity index is 3.03. The number of hydrogen-bond donors (Lipinski definition) is 0. The Morgan fingerprint density at radius 1 is 1.04 bits per heavy atom. The summed E-state index contributed by atoms with van der Waals surface area (Å²) in [5.74, 6) is 4.29. The van der Waals surface area contributed by atoms with Crippen LogP contribution in [0, 0.1) is 11.8 Å². The van der Waals surface area contributed by atoms with Crippen molar-refractivity contribution in [1.29, 1.82) is 0 Å². The summed E-state index contributed by atoms with van der Waals surface area (Å²) in [5, 5.41) is 0.